The highest BCUT2D eigenvalue weighted by Gasteiger charge is 2.34. The topological polar surface area (TPSA) is 87.7 Å². The van der Waals surface area contributed by atoms with Crippen molar-refractivity contribution in [1.29, 1.82) is 0 Å². The molecule has 0 radical (unpaired) electrons. The third kappa shape index (κ3) is 5.74. The van der Waals surface area contributed by atoms with Crippen LogP contribution >= 0.6 is 0 Å². The largest absolute Gasteiger partial charge is 0.465 e. The average molecular weight is 512 g/mol. The number of rotatable bonds is 5. The van der Waals surface area contributed by atoms with Gasteiger partial charge in [0, 0.05) is 12.2 Å². The summed E-state index contributed by atoms with van der Waals surface area (Å²) in [4.78, 5) is 40.2. The Labute approximate surface area is 211 Å². The van der Waals surface area contributed by atoms with E-state index in [9.17, 15) is 27.6 Å². The zero-order chi connectivity index (χ0) is 26.6. The second-order valence-electron chi connectivity index (χ2n) is 8.42. The molecule has 0 bridgehead atoms. The van der Waals surface area contributed by atoms with Gasteiger partial charge >= 0.3 is 18.2 Å². The summed E-state index contributed by atoms with van der Waals surface area (Å²) in [6.07, 6.45) is -3.57. The Hall–Kier alpha value is -4.34. The van der Waals surface area contributed by atoms with Crippen molar-refractivity contribution in [2.45, 2.75) is 25.1 Å². The Morgan fingerprint density at radius 1 is 0.973 bits per heavy atom. The first-order chi connectivity index (χ1) is 17.7. The maximum Gasteiger partial charge on any atom is 0.416 e. The number of amides is 3. The van der Waals surface area contributed by atoms with E-state index in [1.54, 1.807) is 18.2 Å². The van der Waals surface area contributed by atoms with Gasteiger partial charge in [-0.2, -0.15) is 13.2 Å². The molecule has 4 rings (SSSR count). The lowest BCUT2D eigenvalue weighted by molar-refractivity contribution is -0.137. The van der Waals surface area contributed by atoms with Gasteiger partial charge in [-0.3, -0.25) is 4.79 Å². The van der Waals surface area contributed by atoms with Crippen LogP contribution in [0.1, 0.15) is 28.8 Å². The predicted molar refractivity (Wildman–Crippen MR) is 132 cm³/mol. The Bertz CT molecular complexity index is 1290. The zero-order valence-corrected chi connectivity index (χ0v) is 19.8. The van der Waals surface area contributed by atoms with Crippen LogP contribution in [0.15, 0.2) is 72.8 Å². The molecule has 0 aromatic heterocycles. The Morgan fingerprint density at radius 2 is 1.68 bits per heavy atom. The van der Waals surface area contributed by atoms with Crippen molar-refractivity contribution >= 4 is 29.3 Å². The minimum absolute atomic E-state index is 0.147. The smallest absolute Gasteiger partial charge is 0.416 e. The number of methoxy groups -OCH3 is 1. The second kappa shape index (κ2) is 10.7. The molecule has 0 aliphatic carbocycles. The van der Waals surface area contributed by atoms with Crippen LogP contribution in [0.3, 0.4) is 0 Å². The van der Waals surface area contributed by atoms with Gasteiger partial charge in [-0.05, 0) is 54.3 Å². The molecule has 1 heterocycles. The van der Waals surface area contributed by atoms with Gasteiger partial charge in [-0.15, -0.1) is 0 Å². The summed E-state index contributed by atoms with van der Waals surface area (Å²) >= 11 is 0. The summed E-state index contributed by atoms with van der Waals surface area (Å²) in [5.41, 5.74) is 1.30. The molecule has 0 saturated carbocycles. The van der Waals surface area contributed by atoms with Gasteiger partial charge in [-0.1, -0.05) is 42.5 Å². The van der Waals surface area contributed by atoms with Crippen LogP contribution < -0.4 is 15.5 Å². The summed E-state index contributed by atoms with van der Waals surface area (Å²) in [6.45, 7) is 0.333. The minimum atomic E-state index is -4.49. The van der Waals surface area contributed by atoms with Crippen molar-refractivity contribution in [2.75, 3.05) is 23.9 Å². The van der Waals surface area contributed by atoms with Gasteiger partial charge < -0.3 is 20.3 Å². The maximum absolute atomic E-state index is 13.4. The Kier molecular flexibility index (Phi) is 7.47. The molecule has 37 heavy (non-hydrogen) atoms. The number of nitrogens with zero attached hydrogens (tertiary/aromatic N) is 1. The van der Waals surface area contributed by atoms with Crippen molar-refractivity contribution in [2.24, 2.45) is 0 Å². The number of esters is 1. The molecule has 1 saturated heterocycles. The molecule has 192 valence electrons. The van der Waals surface area contributed by atoms with Crippen LogP contribution in [-0.2, 0) is 15.7 Å². The highest BCUT2D eigenvalue weighted by Crippen LogP contribution is 2.34. The molecule has 3 aromatic rings. The van der Waals surface area contributed by atoms with Gasteiger partial charge in [0.1, 0.15) is 6.04 Å². The fourth-order valence-electron chi connectivity index (χ4n) is 4.26. The number of nitrogens with one attached hydrogen (secondary N) is 2. The maximum atomic E-state index is 13.4. The minimum Gasteiger partial charge on any atom is -0.465 e. The summed E-state index contributed by atoms with van der Waals surface area (Å²) in [5, 5.41) is 5.04. The van der Waals surface area contributed by atoms with E-state index >= 15 is 0 Å². The van der Waals surface area contributed by atoms with E-state index < -0.39 is 35.7 Å². The quantitative estimate of drug-likeness (QED) is 0.445. The number of benzene rings is 3. The molecule has 1 aliphatic heterocycles. The number of hydrogen-bond donors (Lipinski definition) is 2. The molecule has 2 N–H and O–H groups in total. The van der Waals surface area contributed by atoms with Gasteiger partial charge in [-0.25, -0.2) is 9.59 Å². The number of alkyl halides is 3. The molecular weight excluding hydrogens is 487 g/mol. The van der Waals surface area contributed by atoms with E-state index in [0.29, 0.717) is 30.6 Å². The molecule has 3 amide bonds. The normalized spacial score (nSPS) is 15.7. The van der Waals surface area contributed by atoms with E-state index in [2.05, 4.69) is 10.6 Å². The Morgan fingerprint density at radius 3 is 2.32 bits per heavy atom. The fourth-order valence-corrected chi connectivity index (χ4v) is 4.26. The number of carbonyl (C=O) groups is 3. The molecular formula is C27H24F3N3O4. The van der Waals surface area contributed by atoms with E-state index in [1.165, 1.54) is 12.0 Å². The van der Waals surface area contributed by atoms with E-state index in [4.69, 9.17) is 4.74 Å². The molecule has 7 nitrogen and oxygen atoms in total. The molecule has 1 fully saturated rings. The van der Waals surface area contributed by atoms with Gasteiger partial charge in [0.05, 0.1) is 23.9 Å². The third-order valence-electron chi connectivity index (χ3n) is 6.02. The van der Waals surface area contributed by atoms with Crippen molar-refractivity contribution in [3.05, 3.63) is 83.9 Å². The van der Waals surface area contributed by atoms with Gasteiger partial charge in [0.15, 0.2) is 0 Å². The number of anilines is 2. The van der Waals surface area contributed by atoms with Crippen LogP contribution in [0.25, 0.3) is 11.1 Å². The second-order valence-corrected chi connectivity index (χ2v) is 8.42. The first kappa shape index (κ1) is 25.7. The predicted octanol–water partition coefficient (Wildman–Crippen LogP) is 5.48. The summed E-state index contributed by atoms with van der Waals surface area (Å²) in [6, 6.07) is 16.7. The lowest BCUT2D eigenvalue weighted by Crippen LogP contribution is -2.53. The van der Waals surface area contributed by atoms with E-state index in [-0.39, 0.29) is 11.3 Å². The van der Waals surface area contributed by atoms with Crippen LogP contribution in [0.5, 0.6) is 0 Å². The van der Waals surface area contributed by atoms with Crippen molar-refractivity contribution in [3.8, 4) is 11.1 Å². The number of ether oxygens (including phenoxy) is 1. The van der Waals surface area contributed by atoms with Crippen LogP contribution in [0.4, 0.5) is 29.3 Å². The standard InChI is InChI=1S/C27H24F3N3O4/c1-37-25(35)23-20(17-7-3-2-4-8-17)9-5-11-22(23)33-16-6-10-21(24(33)34)32-26(36)31-19-14-12-18(13-15-19)27(28,29)30/h2-5,7-9,11-15,21H,6,10,16H2,1H3,(H2,31,32,36). The highest BCUT2D eigenvalue weighted by molar-refractivity contribution is 6.09. The number of piperidine rings is 1. The van der Waals surface area contributed by atoms with Crippen LogP contribution in [0, 0.1) is 0 Å². The third-order valence-corrected chi connectivity index (χ3v) is 6.02. The molecule has 0 spiro atoms. The fraction of sp³-hybridized carbons (Fsp3) is 0.222. The molecule has 10 heteroatoms. The molecule has 1 unspecified atom stereocenters. The van der Waals surface area contributed by atoms with Crippen LogP contribution in [-0.4, -0.2) is 37.6 Å². The first-order valence-corrected chi connectivity index (χ1v) is 11.5. The number of urea groups is 1. The average Bonchev–Trinajstić information content (AvgIpc) is 2.89. The lowest BCUT2D eigenvalue weighted by atomic mass is 9.96. The van der Waals surface area contributed by atoms with E-state index in [0.717, 1.165) is 29.8 Å². The van der Waals surface area contributed by atoms with Crippen LogP contribution in [0.2, 0.25) is 0 Å². The molecule has 3 aromatic carbocycles. The number of carbonyl (C=O) groups excluding carboxylic acids is 3. The summed E-state index contributed by atoms with van der Waals surface area (Å²) < 4.78 is 43.3. The van der Waals surface area contributed by atoms with Crippen molar-refractivity contribution in [1.82, 2.24) is 5.32 Å². The zero-order valence-electron chi connectivity index (χ0n) is 19.8. The number of hydrogen-bond acceptors (Lipinski definition) is 4. The van der Waals surface area contributed by atoms with Crippen molar-refractivity contribution in [3.63, 3.8) is 0 Å². The monoisotopic (exact) mass is 511 g/mol. The summed E-state index contributed by atoms with van der Waals surface area (Å²) in [7, 11) is 1.27. The number of halogens is 3. The molecule has 1 aliphatic rings. The highest BCUT2D eigenvalue weighted by atomic mass is 19.4. The Balaban J connectivity index is 1.54. The summed E-state index contributed by atoms with van der Waals surface area (Å²) in [5.74, 6) is -1.01. The SMILES string of the molecule is COC(=O)c1c(-c2ccccc2)cccc1N1CCCC(NC(=O)Nc2ccc(C(F)(F)F)cc2)C1=O. The molecule has 1 atom stereocenters. The van der Waals surface area contributed by atoms with Crippen molar-refractivity contribution < 1.29 is 32.3 Å². The lowest BCUT2D eigenvalue weighted by Gasteiger charge is -2.34. The first-order valence-electron chi connectivity index (χ1n) is 11.5. The van der Waals surface area contributed by atoms with Gasteiger partial charge in [0.2, 0.25) is 5.91 Å². The van der Waals surface area contributed by atoms with E-state index in [1.807, 2.05) is 30.3 Å². The van der Waals surface area contributed by atoms with Gasteiger partial charge in [0.25, 0.3) is 0 Å².